The van der Waals surface area contributed by atoms with Crippen molar-refractivity contribution in [3.8, 4) is 17.2 Å². The number of phenols is 1. The lowest BCUT2D eigenvalue weighted by molar-refractivity contribution is -0.116. The number of aromatic hydroxyl groups is 1. The first-order valence-electron chi connectivity index (χ1n) is 7.93. The Bertz CT molecular complexity index is 897. The highest BCUT2D eigenvalue weighted by atomic mass is 16.3. The molecule has 0 aliphatic rings. The first kappa shape index (κ1) is 16.1. The van der Waals surface area contributed by atoms with Crippen molar-refractivity contribution in [3.05, 3.63) is 42.0 Å². The predicted octanol–water partition coefficient (Wildman–Crippen LogP) is 4.49. The molecule has 5 nitrogen and oxygen atoms in total. The summed E-state index contributed by atoms with van der Waals surface area (Å²) >= 11 is 0. The number of fused-ring (bicyclic) bond motifs is 1. The van der Waals surface area contributed by atoms with Gasteiger partial charge in [0.15, 0.2) is 5.58 Å². The average molecular weight is 324 g/mol. The average Bonchev–Trinajstić information content (AvgIpc) is 2.88. The number of phenolic OH excluding ortho intramolecular Hbond substituents is 1. The van der Waals surface area contributed by atoms with Crippen LogP contribution in [0.25, 0.3) is 22.6 Å². The monoisotopic (exact) mass is 324 g/mol. The molecule has 24 heavy (non-hydrogen) atoms. The molecule has 0 saturated heterocycles. The largest absolute Gasteiger partial charge is 0.507 e. The number of benzene rings is 2. The Morgan fingerprint density at radius 1 is 1.25 bits per heavy atom. The van der Waals surface area contributed by atoms with Crippen LogP contribution in [0.5, 0.6) is 5.75 Å². The summed E-state index contributed by atoms with van der Waals surface area (Å²) in [5.74, 6) is 0.573. The molecule has 1 aromatic heterocycles. The van der Waals surface area contributed by atoms with E-state index in [9.17, 15) is 9.90 Å². The maximum atomic E-state index is 11.8. The Morgan fingerprint density at radius 2 is 2.04 bits per heavy atom. The van der Waals surface area contributed by atoms with Gasteiger partial charge in [-0.05, 0) is 42.7 Å². The molecule has 124 valence electrons. The van der Waals surface area contributed by atoms with E-state index in [0.717, 1.165) is 11.1 Å². The zero-order valence-corrected chi connectivity index (χ0v) is 14.0. The van der Waals surface area contributed by atoms with E-state index in [1.54, 1.807) is 12.1 Å². The number of nitrogens with one attached hydrogen (secondary N) is 1. The number of carbonyl (C=O) groups excluding carboxylic acids is 1. The lowest BCUT2D eigenvalue weighted by Gasteiger charge is -2.08. The van der Waals surface area contributed by atoms with Gasteiger partial charge in [-0.2, -0.15) is 0 Å². The lowest BCUT2D eigenvalue weighted by Crippen LogP contribution is -2.13. The van der Waals surface area contributed by atoms with Crippen LogP contribution >= 0.6 is 0 Å². The fourth-order valence-electron chi connectivity index (χ4n) is 2.53. The zero-order chi connectivity index (χ0) is 17.3. The maximum absolute atomic E-state index is 11.8. The van der Waals surface area contributed by atoms with Crippen molar-refractivity contribution in [1.82, 2.24) is 4.98 Å². The highest BCUT2D eigenvalue weighted by molar-refractivity contribution is 5.91. The molecular weight excluding hydrogens is 304 g/mol. The number of hydrogen-bond acceptors (Lipinski definition) is 4. The van der Waals surface area contributed by atoms with Crippen molar-refractivity contribution < 1.29 is 14.3 Å². The molecule has 0 bridgehead atoms. The highest BCUT2D eigenvalue weighted by Gasteiger charge is 2.14. The Morgan fingerprint density at radius 3 is 2.75 bits per heavy atom. The van der Waals surface area contributed by atoms with Crippen LogP contribution in [0, 0.1) is 12.8 Å². The molecule has 1 amide bonds. The van der Waals surface area contributed by atoms with Gasteiger partial charge in [-0.25, -0.2) is 4.98 Å². The number of aryl methyl sites for hydroxylation is 1. The number of oxazole rings is 1. The van der Waals surface area contributed by atoms with E-state index in [2.05, 4.69) is 10.3 Å². The Labute approximate surface area is 140 Å². The minimum Gasteiger partial charge on any atom is -0.507 e. The molecule has 0 radical (unpaired) electrons. The second kappa shape index (κ2) is 6.35. The number of aromatic nitrogens is 1. The van der Waals surface area contributed by atoms with Crippen LogP contribution < -0.4 is 5.32 Å². The summed E-state index contributed by atoms with van der Waals surface area (Å²) in [6, 6.07) is 10.7. The molecule has 0 aliphatic carbocycles. The summed E-state index contributed by atoms with van der Waals surface area (Å²) in [5.41, 5.74) is 3.55. The molecule has 0 spiro atoms. The topological polar surface area (TPSA) is 75.4 Å². The van der Waals surface area contributed by atoms with Crippen LogP contribution in [0.3, 0.4) is 0 Å². The molecule has 0 atom stereocenters. The van der Waals surface area contributed by atoms with Gasteiger partial charge >= 0.3 is 0 Å². The van der Waals surface area contributed by atoms with Crippen molar-refractivity contribution >= 4 is 22.7 Å². The second-order valence-corrected chi connectivity index (χ2v) is 6.37. The smallest absolute Gasteiger partial charge is 0.231 e. The molecule has 2 N–H and O–H groups in total. The van der Waals surface area contributed by atoms with Crippen LogP contribution in [-0.4, -0.2) is 16.0 Å². The second-order valence-electron chi connectivity index (χ2n) is 6.37. The predicted molar refractivity (Wildman–Crippen MR) is 93.9 cm³/mol. The fourth-order valence-corrected chi connectivity index (χ4v) is 2.53. The Balaban J connectivity index is 1.87. The molecule has 5 heteroatoms. The lowest BCUT2D eigenvalue weighted by atomic mass is 10.1. The quantitative estimate of drug-likeness (QED) is 0.741. The summed E-state index contributed by atoms with van der Waals surface area (Å²) in [6.45, 7) is 5.95. The number of rotatable bonds is 4. The maximum Gasteiger partial charge on any atom is 0.231 e. The van der Waals surface area contributed by atoms with Crippen molar-refractivity contribution in [2.45, 2.75) is 27.2 Å². The van der Waals surface area contributed by atoms with Crippen molar-refractivity contribution in [1.29, 1.82) is 0 Å². The standard InChI is InChI=1S/C19H20N2O3/c1-11(2)8-18(23)20-13-5-6-14(16(22)10-13)19-21-15-9-12(3)4-7-17(15)24-19/h4-7,9-11,22H,8H2,1-3H3,(H,20,23). The van der Waals surface area contributed by atoms with E-state index in [4.69, 9.17) is 4.42 Å². The van der Waals surface area contributed by atoms with E-state index in [1.165, 1.54) is 6.07 Å². The minimum absolute atomic E-state index is 0.0145. The molecule has 0 fully saturated rings. The summed E-state index contributed by atoms with van der Waals surface area (Å²) in [4.78, 5) is 16.2. The summed E-state index contributed by atoms with van der Waals surface area (Å²) in [7, 11) is 0. The van der Waals surface area contributed by atoms with E-state index in [-0.39, 0.29) is 17.6 Å². The molecule has 0 saturated carbocycles. The number of hydrogen-bond donors (Lipinski definition) is 2. The molecule has 2 aromatic carbocycles. The third-order valence-corrected chi connectivity index (χ3v) is 3.65. The van der Waals surface area contributed by atoms with Crippen LogP contribution in [0.4, 0.5) is 5.69 Å². The summed E-state index contributed by atoms with van der Waals surface area (Å²) in [6.07, 6.45) is 0.437. The molecule has 3 aromatic rings. The first-order chi connectivity index (χ1) is 11.4. The van der Waals surface area contributed by atoms with Crippen LogP contribution in [0.2, 0.25) is 0 Å². The van der Waals surface area contributed by atoms with Gasteiger partial charge in [-0.15, -0.1) is 0 Å². The van der Waals surface area contributed by atoms with Gasteiger partial charge in [-0.3, -0.25) is 4.79 Å². The number of anilines is 1. The van der Waals surface area contributed by atoms with Gasteiger partial charge in [0.25, 0.3) is 0 Å². The third kappa shape index (κ3) is 3.40. The number of amides is 1. The van der Waals surface area contributed by atoms with Crippen LogP contribution in [-0.2, 0) is 4.79 Å². The summed E-state index contributed by atoms with van der Waals surface area (Å²) in [5, 5.41) is 13.0. The van der Waals surface area contributed by atoms with Gasteiger partial charge in [0.05, 0.1) is 5.56 Å². The van der Waals surface area contributed by atoms with E-state index >= 15 is 0 Å². The van der Waals surface area contributed by atoms with Gasteiger partial charge in [0.2, 0.25) is 11.8 Å². The van der Waals surface area contributed by atoms with Crippen molar-refractivity contribution in [2.75, 3.05) is 5.32 Å². The third-order valence-electron chi connectivity index (χ3n) is 3.65. The Hall–Kier alpha value is -2.82. The van der Waals surface area contributed by atoms with Crippen molar-refractivity contribution in [3.63, 3.8) is 0 Å². The fraction of sp³-hybridized carbons (Fsp3) is 0.263. The molecule has 1 heterocycles. The van der Waals surface area contributed by atoms with Gasteiger partial charge in [0.1, 0.15) is 11.3 Å². The van der Waals surface area contributed by atoms with Gasteiger partial charge in [-0.1, -0.05) is 19.9 Å². The van der Waals surface area contributed by atoms with E-state index in [0.29, 0.717) is 29.1 Å². The first-order valence-corrected chi connectivity index (χ1v) is 7.93. The SMILES string of the molecule is Cc1ccc2oc(-c3ccc(NC(=O)CC(C)C)cc3O)nc2c1. The highest BCUT2D eigenvalue weighted by Crippen LogP contribution is 2.33. The zero-order valence-electron chi connectivity index (χ0n) is 14.0. The summed E-state index contributed by atoms with van der Waals surface area (Å²) < 4.78 is 5.71. The molecule has 3 rings (SSSR count). The van der Waals surface area contributed by atoms with Gasteiger partial charge in [0, 0.05) is 18.2 Å². The molecule has 0 aliphatic heterocycles. The van der Waals surface area contributed by atoms with Crippen LogP contribution in [0.1, 0.15) is 25.8 Å². The molecular formula is C19H20N2O3. The van der Waals surface area contributed by atoms with E-state index < -0.39 is 0 Å². The van der Waals surface area contributed by atoms with Gasteiger partial charge < -0.3 is 14.8 Å². The van der Waals surface area contributed by atoms with Crippen LogP contribution in [0.15, 0.2) is 40.8 Å². The number of nitrogens with zero attached hydrogens (tertiary/aromatic N) is 1. The normalized spacial score (nSPS) is 11.2. The van der Waals surface area contributed by atoms with E-state index in [1.807, 2.05) is 39.0 Å². The minimum atomic E-state index is -0.0745. The Kier molecular flexibility index (Phi) is 4.25. The van der Waals surface area contributed by atoms with Crippen molar-refractivity contribution in [2.24, 2.45) is 5.92 Å². The number of carbonyl (C=O) groups is 1. The molecule has 0 unspecified atom stereocenters.